The standard InChI is InChI=1S/C17H29N3O2/c1-14-12-15(14)17(22)20-10-8-18(9-11-20)13-16(21)19-6-4-2-3-5-7-19/h14-15H,2-13H2,1H3. The van der Waals surface area contributed by atoms with Crippen molar-refractivity contribution in [1.82, 2.24) is 14.7 Å². The largest absolute Gasteiger partial charge is 0.342 e. The zero-order valence-corrected chi connectivity index (χ0v) is 13.8. The van der Waals surface area contributed by atoms with Crippen LogP contribution in [0.15, 0.2) is 0 Å². The van der Waals surface area contributed by atoms with E-state index in [1.54, 1.807) is 0 Å². The number of likely N-dealkylation sites (tertiary alicyclic amines) is 1. The average molecular weight is 307 g/mol. The third-order valence-electron chi connectivity index (χ3n) is 5.43. The first-order valence-corrected chi connectivity index (χ1v) is 8.94. The fourth-order valence-electron chi connectivity index (χ4n) is 3.64. The molecule has 0 N–H and O–H groups in total. The zero-order valence-electron chi connectivity index (χ0n) is 13.8. The second-order valence-corrected chi connectivity index (χ2v) is 7.22. The van der Waals surface area contributed by atoms with Gasteiger partial charge in [0.05, 0.1) is 6.54 Å². The van der Waals surface area contributed by atoms with Crippen LogP contribution < -0.4 is 0 Å². The van der Waals surface area contributed by atoms with Gasteiger partial charge in [-0.2, -0.15) is 0 Å². The van der Waals surface area contributed by atoms with Gasteiger partial charge in [-0.15, -0.1) is 0 Å². The van der Waals surface area contributed by atoms with Crippen molar-refractivity contribution in [2.24, 2.45) is 11.8 Å². The molecule has 5 nitrogen and oxygen atoms in total. The second-order valence-electron chi connectivity index (χ2n) is 7.22. The second kappa shape index (κ2) is 6.99. The molecule has 22 heavy (non-hydrogen) atoms. The number of hydrogen-bond acceptors (Lipinski definition) is 3. The highest BCUT2D eigenvalue weighted by Gasteiger charge is 2.42. The van der Waals surface area contributed by atoms with Crippen LogP contribution in [0.1, 0.15) is 39.0 Å². The molecule has 0 bridgehead atoms. The summed E-state index contributed by atoms with van der Waals surface area (Å²) in [5.41, 5.74) is 0. The van der Waals surface area contributed by atoms with Gasteiger partial charge in [0.1, 0.15) is 0 Å². The topological polar surface area (TPSA) is 43.9 Å². The lowest BCUT2D eigenvalue weighted by atomic mass is 10.2. The number of carbonyl (C=O) groups excluding carboxylic acids is 2. The van der Waals surface area contributed by atoms with E-state index in [-0.39, 0.29) is 11.8 Å². The molecule has 0 spiro atoms. The predicted molar refractivity (Wildman–Crippen MR) is 85.3 cm³/mol. The van der Waals surface area contributed by atoms with Crippen molar-refractivity contribution in [2.45, 2.75) is 39.0 Å². The van der Waals surface area contributed by atoms with Gasteiger partial charge in [0.25, 0.3) is 0 Å². The third kappa shape index (κ3) is 3.80. The lowest BCUT2D eigenvalue weighted by Gasteiger charge is -2.35. The summed E-state index contributed by atoms with van der Waals surface area (Å²) in [5, 5.41) is 0. The summed E-state index contributed by atoms with van der Waals surface area (Å²) in [6.45, 7) is 7.79. The number of rotatable bonds is 3. The Morgan fingerprint density at radius 2 is 1.45 bits per heavy atom. The fourth-order valence-corrected chi connectivity index (χ4v) is 3.64. The van der Waals surface area contributed by atoms with Crippen molar-refractivity contribution in [3.05, 3.63) is 0 Å². The van der Waals surface area contributed by atoms with Gasteiger partial charge in [-0.05, 0) is 25.2 Å². The summed E-state index contributed by atoms with van der Waals surface area (Å²) in [6.07, 6.45) is 5.86. The fraction of sp³-hybridized carbons (Fsp3) is 0.882. The van der Waals surface area contributed by atoms with E-state index < -0.39 is 0 Å². The SMILES string of the molecule is CC1CC1C(=O)N1CCN(CC(=O)N2CCCCCC2)CC1. The number of carbonyl (C=O) groups is 2. The predicted octanol–water partition coefficient (Wildman–Crippen LogP) is 1.19. The monoisotopic (exact) mass is 307 g/mol. The van der Waals surface area contributed by atoms with Crippen molar-refractivity contribution < 1.29 is 9.59 Å². The van der Waals surface area contributed by atoms with Gasteiger partial charge in [-0.1, -0.05) is 19.8 Å². The van der Waals surface area contributed by atoms with Crippen molar-refractivity contribution in [3.8, 4) is 0 Å². The minimum Gasteiger partial charge on any atom is -0.342 e. The van der Waals surface area contributed by atoms with Crippen LogP contribution in [0.2, 0.25) is 0 Å². The van der Waals surface area contributed by atoms with Gasteiger partial charge in [-0.25, -0.2) is 0 Å². The Labute approximate surface area is 133 Å². The Kier molecular flexibility index (Phi) is 5.01. The number of hydrogen-bond donors (Lipinski definition) is 0. The molecule has 1 saturated carbocycles. The highest BCUT2D eigenvalue weighted by atomic mass is 16.2. The van der Waals surface area contributed by atoms with Crippen molar-refractivity contribution in [2.75, 3.05) is 45.8 Å². The molecule has 2 amide bonds. The van der Waals surface area contributed by atoms with Crippen LogP contribution in [0.5, 0.6) is 0 Å². The molecule has 1 aliphatic carbocycles. The molecule has 3 aliphatic rings. The first-order valence-electron chi connectivity index (χ1n) is 8.94. The van der Waals surface area contributed by atoms with Crippen LogP contribution in [-0.4, -0.2) is 72.3 Å². The molecule has 2 heterocycles. The van der Waals surface area contributed by atoms with E-state index in [0.29, 0.717) is 18.4 Å². The summed E-state index contributed by atoms with van der Waals surface area (Å²) in [7, 11) is 0. The Morgan fingerprint density at radius 3 is 2.00 bits per heavy atom. The summed E-state index contributed by atoms with van der Waals surface area (Å²) in [6, 6.07) is 0. The number of piperazine rings is 1. The maximum absolute atomic E-state index is 12.4. The molecule has 0 aromatic rings. The Bertz CT molecular complexity index is 410. The van der Waals surface area contributed by atoms with Crippen molar-refractivity contribution in [3.63, 3.8) is 0 Å². The van der Waals surface area contributed by atoms with Gasteiger partial charge < -0.3 is 9.80 Å². The van der Waals surface area contributed by atoms with E-state index in [1.807, 2.05) is 9.80 Å². The van der Waals surface area contributed by atoms with Crippen LogP contribution in [0.3, 0.4) is 0 Å². The van der Waals surface area contributed by atoms with Crippen LogP contribution in [0, 0.1) is 11.8 Å². The highest BCUT2D eigenvalue weighted by Crippen LogP contribution is 2.39. The smallest absolute Gasteiger partial charge is 0.236 e. The Morgan fingerprint density at radius 1 is 0.864 bits per heavy atom. The molecule has 3 rings (SSSR count). The minimum absolute atomic E-state index is 0.275. The summed E-state index contributed by atoms with van der Waals surface area (Å²) in [5.74, 6) is 1.48. The molecule has 0 aromatic heterocycles. The van der Waals surface area contributed by atoms with Crippen molar-refractivity contribution >= 4 is 11.8 Å². The molecule has 3 fully saturated rings. The lowest BCUT2D eigenvalue weighted by molar-refractivity contribution is -0.136. The van der Waals surface area contributed by atoms with Crippen LogP contribution in [-0.2, 0) is 9.59 Å². The molecule has 5 heteroatoms. The normalized spacial score (nSPS) is 30.0. The summed E-state index contributed by atoms with van der Waals surface area (Å²) < 4.78 is 0. The lowest BCUT2D eigenvalue weighted by Crippen LogP contribution is -2.52. The average Bonchev–Trinajstić information content (AvgIpc) is 3.29. The minimum atomic E-state index is 0.275. The maximum Gasteiger partial charge on any atom is 0.236 e. The molecule has 2 saturated heterocycles. The first kappa shape index (κ1) is 15.8. The molecule has 0 aromatic carbocycles. The van der Waals surface area contributed by atoms with E-state index in [1.165, 1.54) is 12.8 Å². The van der Waals surface area contributed by atoms with E-state index in [2.05, 4.69) is 11.8 Å². The molecule has 0 radical (unpaired) electrons. The molecular formula is C17H29N3O2. The third-order valence-corrected chi connectivity index (χ3v) is 5.43. The quantitative estimate of drug-likeness (QED) is 0.787. The maximum atomic E-state index is 12.4. The van der Waals surface area contributed by atoms with Crippen LogP contribution in [0.4, 0.5) is 0 Å². The van der Waals surface area contributed by atoms with E-state index in [9.17, 15) is 9.59 Å². The molecule has 124 valence electrons. The molecular weight excluding hydrogens is 278 g/mol. The summed E-state index contributed by atoms with van der Waals surface area (Å²) in [4.78, 5) is 30.9. The molecule has 2 atom stereocenters. The zero-order chi connectivity index (χ0) is 15.5. The number of nitrogens with zero attached hydrogens (tertiary/aromatic N) is 3. The number of amides is 2. The van der Waals surface area contributed by atoms with E-state index in [4.69, 9.17) is 0 Å². The summed E-state index contributed by atoms with van der Waals surface area (Å²) >= 11 is 0. The van der Waals surface area contributed by atoms with Gasteiger partial charge in [-0.3, -0.25) is 14.5 Å². The highest BCUT2D eigenvalue weighted by molar-refractivity contribution is 5.82. The van der Waals surface area contributed by atoms with Crippen LogP contribution >= 0.6 is 0 Å². The first-order chi connectivity index (χ1) is 10.6. The van der Waals surface area contributed by atoms with E-state index in [0.717, 1.165) is 58.5 Å². The van der Waals surface area contributed by atoms with Gasteiger partial charge in [0.2, 0.25) is 11.8 Å². The molecule has 2 unspecified atom stereocenters. The van der Waals surface area contributed by atoms with Crippen molar-refractivity contribution in [1.29, 1.82) is 0 Å². The van der Waals surface area contributed by atoms with Gasteiger partial charge in [0, 0.05) is 45.2 Å². The van der Waals surface area contributed by atoms with Gasteiger partial charge in [0.15, 0.2) is 0 Å². The molecule has 2 aliphatic heterocycles. The Balaban J connectivity index is 1.41. The Hall–Kier alpha value is -1.10. The van der Waals surface area contributed by atoms with E-state index >= 15 is 0 Å². The van der Waals surface area contributed by atoms with Gasteiger partial charge >= 0.3 is 0 Å². The van der Waals surface area contributed by atoms with Crippen LogP contribution in [0.25, 0.3) is 0 Å².